The van der Waals surface area contributed by atoms with Crippen LogP contribution in [0.1, 0.15) is 36.0 Å². The fourth-order valence-electron chi connectivity index (χ4n) is 3.34. The van der Waals surface area contributed by atoms with Crippen molar-refractivity contribution >= 4 is 34.2 Å². The van der Waals surface area contributed by atoms with Gasteiger partial charge in [-0.15, -0.1) is 0 Å². The number of ether oxygens (including phenoxy) is 2. The lowest BCUT2D eigenvalue weighted by Gasteiger charge is -2.14. The number of methoxy groups -OCH3 is 2. The Balaban J connectivity index is 1.71. The molecule has 1 aromatic heterocycles. The summed E-state index contributed by atoms with van der Waals surface area (Å²) in [6.07, 6.45) is 3.80. The Hall–Kier alpha value is -3.92. The van der Waals surface area contributed by atoms with E-state index in [0.29, 0.717) is 47.1 Å². The lowest BCUT2D eigenvalue weighted by atomic mass is 10.1. The average molecular weight is 453 g/mol. The highest BCUT2D eigenvalue weighted by Crippen LogP contribution is 2.34. The number of anilines is 2. The van der Waals surface area contributed by atoms with Crippen LogP contribution in [0.2, 0.25) is 0 Å². The van der Waals surface area contributed by atoms with Crippen molar-refractivity contribution in [2.24, 2.45) is 0 Å². The lowest BCUT2D eigenvalue weighted by molar-refractivity contribution is -0.129. The number of unbranched alkanes of at least 4 members (excludes halogenated alkanes) is 2. The zero-order chi connectivity index (χ0) is 23.6. The summed E-state index contributed by atoms with van der Waals surface area (Å²) in [7, 11) is 3.12. The van der Waals surface area contributed by atoms with Gasteiger partial charge >= 0.3 is 0 Å². The number of aromatic nitrogens is 2. The number of amides is 2. The van der Waals surface area contributed by atoms with E-state index in [4.69, 9.17) is 14.7 Å². The van der Waals surface area contributed by atoms with Gasteiger partial charge in [0.25, 0.3) is 5.91 Å². The minimum atomic E-state index is -0.410. The number of fused-ring (bicyclic) bond motifs is 1. The molecular formula is C23H27N5O5. The highest BCUT2D eigenvalue weighted by Gasteiger charge is 2.15. The summed E-state index contributed by atoms with van der Waals surface area (Å²) in [6, 6.07) is 10.7. The Morgan fingerprint density at radius 3 is 2.52 bits per heavy atom. The zero-order valence-electron chi connectivity index (χ0n) is 18.6. The van der Waals surface area contributed by atoms with Crippen LogP contribution in [-0.4, -0.2) is 47.8 Å². The number of benzene rings is 2. The van der Waals surface area contributed by atoms with Crippen molar-refractivity contribution in [3.63, 3.8) is 0 Å². The molecule has 0 aliphatic rings. The maximum atomic E-state index is 12.8. The SMILES string of the molecule is COc1cc2ncnc(Nc3ccccc3C(=O)NCCCCCC(=O)NO)c2cc1OC. The van der Waals surface area contributed by atoms with Gasteiger partial charge in [-0.1, -0.05) is 18.6 Å². The van der Waals surface area contributed by atoms with Gasteiger partial charge in [0.15, 0.2) is 11.5 Å². The molecule has 4 N–H and O–H groups in total. The number of para-hydroxylation sites is 1. The number of nitrogens with one attached hydrogen (secondary N) is 3. The molecule has 0 bridgehead atoms. The number of hydrogen-bond acceptors (Lipinski definition) is 8. The number of carbonyl (C=O) groups excluding carboxylic acids is 2. The molecule has 33 heavy (non-hydrogen) atoms. The summed E-state index contributed by atoms with van der Waals surface area (Å²) >= 11 is 0. The maximum absolute atomic E-state index is 12.8. The van der Waals surface area contributed by atoms with E-state index >= 15 is 0 Å². The third-order valence-corrected chi connectivity index (χ3v) is 5.06. The van der Waals surface area contributed by atoms with Gasteiger partial charge in [-0.05, 0) is 31.0 Å². The Kier molecular flexibility index (Phi) is 8.36. The lowest BCUT2D eigenvalue weighted by Crippen LogP contribution is -2.25. The van der Waals surface area contributed by atoms with E-state index in [1.165, 1.54) is 6.33 Å². The number of nitrogens with zero attached hydrogens (tertiary/aromatic N) is 2. The van der Waals surface area contributed by atoms with Crippen LogP contribution < -0.4 is 25.6 Å². The average Bonchev–Trinajstić information content (AvgIpc) is 2.85. The Morgan fingerprint density at radius 1 is 1.00 bits per heavy atom. The van der Waals surface area contributed by atoms with E-state index in [0.717, 1.165) is 18.2 Å². The van der Waals surface area contributed by atoms with E-state index in [2.05, 4.69) is 20.6 Å². The molecule has 0 radical (unpaired) electrons. The van der Waals surface area contributed by atoms with Crippen molar-refractivity contribution in [2.75, 3.05) is 26.1 Å². The molecule has 2 amide bonds. The minimum Gasteiger partial charge on any atom is -0.493 e. The Morgan fingerprint density at radius 2 is 1.76 bits per heavy atom. The summed E-state index contributed by atoms with van der Waals surface area (Å²) in [4.78, 5) is 32.4. The first-order chi connectivity index (χ1) is 16.1. The highest BCUT2D eigenvalue weighted by molar-refractivity contribution is 6.01. The highest BCUT2D eigenvalue weighted by atomic mass is 16.5. The van der Waals surface area contributed by atoms with Gasteiger partial charge in [-0.2, -0.15) is 0 Å². The van der Waals surface area contributed by atoms with Gasteiger partial charge in [-0.3, -0.25) is 14.8 Å². The summed E-state index contributed by atoms with van der Waals surface area (Å²) < 4.78 is 10.7. The standard InChI is InChI=1S/C23H27N5O5/c1-32-19-12-16-18(13-20(19)33-2)25-14-26-22(16)27-17-9-6-5-8-15(17)23(30)24-11-7-3-4-10-21(29)28-31/h5-6,8-9,12-14,31H,3-4,7,10-11H2,1-2H3,(H,24,30)(H,28,29)(H,25,26,27). The second-order valence-corrected chi connectivity index (χ2v) is 7.22. The van der Waals surface area contributed by atoms with Crippen LogP contribution in [0.4, 0.5) is 11.5 Å². The first-order valence-electron chi connectivity index (χ1n) is 10.5. The fraction of sp³-hybridized carbons (Fsp3) is 0.304. The molecule has 0 aliphatic heterocycles. The molecule has 0 aliphatic carbocycles. The van der Waals surface area contributed by atoms with Gasteiger partial charge < -0.3 is 20.1 Å². The van der Waals surface area contributed by atoms with Gasteiger partial charge in [0.05, 0.1) is 31.0 Å². The topological polar surface area (TPSA) is 135 Å². The van der Waals surface area contributed by atoms with Crippen LogP contribution in [0.15, 0.2) is 42.7 Å². The molecule has 0 saturated heterocycles. The van der Waals surface area contributed by atoms with E-state index in [9.17, 15) is 9.59 Å². The molecular weight excluding hydrogens is 426 g/mol. The first kappa shape index (κ1) is 23.7. The largest absolute Gasteiger partial charge is 0.493 e. The number of hydrogen-bond donors (Lipinski definition) is 4. The molecule has 3 rings (SSSR count). The van der Waals surface area contributed by atoms with Crippen LogP contribution in [0.3, 0.4) is 0 Å². The predicted molar refractivity (Wildman–Crippen MR) is 123 cm³/mol. The van der Waals surface area contributed by atoms with Crippen LogP contribution >= 0.6 is 0 Å². The first-order valence-corrected chi connectivity index (χ1v) is 10.5. The molecule has 0 unspecified atom stereocenters. The zero-order valence-corrected chi connectivity index (χ0v) is 18.6. The molecule has 0 fully saturated rings. The van der Waals surface area contributed by atoms with Crippen molar-refractivity contribution in [1.82, 2.24) is 20.8 Å². The molecule has 0 spiro atoms. The van der Waals surface area contributed by atoms with Crippen LogP contribution in [0, 0.1) is 0 Å². The third kappa shape index (κ3) is 6.07. The summed E-state index contributed by atoms with van der Waals surface area (Å²) in [5, 5.41) is 15.4. The molecule has 1 heterocycles. The molecule has 0 atom stereocenters. The van der Waals surface area contributed by atoms with Crippen molar-refractivity contribution < 1.29 is 24.3 Å². The quantitative estimate of drug-likeness (QED) is 0.198. The van der Waals surface area contributed by atoms with Gasteiger partial charge in [-0.25, -0.2) is 15.4 Å². The summed E-state index contributed by atoms with van der Waals surface area (Å²) in [6.45, 7) is 0.474. The molecule has 0 saturated carbocycles. The second kappa shape index (κ2) is 11.6. The Labute approximate surface area is 191 Å². The fourth-order valence-corrected chi connectivity index (χ4v) is 3.34. The third-order valence-electron chi connectivity index (χ3n) is 5.06. The van der Waals surface area contributed by atoms with Gasteiger partial charge in [0, 0.05) is 24.4 Å². The minimum absolute atomic E-state index is 0.219. The van der Waals surface area contributed by atoms with Crippen molar-refractivity contribution in [1.29, 1.82) is 0 Å². The van der Waals surface area contributed by atoms with Crippen LogP contribution in [0.25, 0.3) is 10.9 Å². The maximum Gasteiger partial charge on any atom is 0.253 e. The molecule has 10 nitrogen and oxygen atoms in total. The molecule has 3 aromatic rings. The van der Waals surface area contributed by atoms with Gasteiger partial charge in [0.1, 0.15) is 12.1 Å². The van der Waals surface area contributed by atoms with Crippen molar-refractivity contribution in [2.45, 2.75) is 25.7 Å². The summed E-state index contributed by atoms with van der Waals surface area (Å²) in [5.41, 5.74) is 3.35. The van der Waals surface area contributed by atoms with E-state index in [1.54, 1.807) is 50.0 Å². The summed E-state index contributed by atoms with van der Waals surface area (Å²) in [5.74, 6) is 1.01. The van der Waals surface area contributed by atoms with Crippen molar-refractivity contribution in [3.8, 4) is 11.5 Å². The second-order valence-electron chi connectivity index (χ2n) is 7.22. The van der Waals surface area contributed by atoms with Crippen LogP contribution in [-0.2, 0) is 4.79 Å². The van der Waals surface area contributed by atoms with E-state index in [-0.39, 0.29) is 12.3 Å². The Bertz CT molecular complexity index is 1120. The predicted octanol–water partition coefficient (Wildman–Crippen LogP) is 3.19. The number of rotatable bonds is 11. The monoisotopic (exact) mass is 453 g/mol. The molecule has 10 heteroatoms. The molecule has 174 valence electrons. The number of hydroxylamine groups is 1. The van der Waals surface area contributed by atoms with E-state index in [1.807, 2.05) is 6.07 Å². The number of carbonyl (C=O) groups is 2. The molecule has 2 aromatic carbocycles. The smallest absolute Gasteiger partial charge is 0.253 e. The van der Waals surface area contributed by atoms with Crippen LogP contribution in [0.5, 0.6) is 11.5 Å². The van der Waals surface area contributed by atoms with Gasteiger partial charge in [0.2, 0.25) is 5.91 Å². The normalized spacial score (nSPS) is 10.5. The van der Waals surface area contributed by atoms with Crippen molar-refractivity contribution in [3.05, 3.63) is 48.3 Å². The van der Waals surface area contributed by atoms with E-state index < -0.39 is 5.91 Å².